The Morgan fingerprint density at radius 2 is 1.66 bits per heavy atom. The number of carbonyl (C=O) groups is 3. The number of likely N-dealkylation sites (N-methyl/N-ethyl adjacent to an activating group) is 1. The first-order valence-corrected chi connectivity index (χ1v) is 9.54. The van der Waals surface area contributed by atoms with Crippen LogP contribution in [0.25, 0.3) is 0 Å². The van der Waals surface area contributed by atoms with Crippen LogP contribution in [-0.4, -0.2) is 49.4 Å². The van der Waals surface area contributed by atoms with Crippen LogP contribution in [0.3, 0.4) is 0 Å². The molecule has 0 heterocycles. The maximum absolute atomic E-state index is 12.4. The van der Waals surface area contributed by atoms with E-state index in [-0.39, 0.29) is 43.7 Å². The van der Waals surface area contributed by atoms with E-state index in [0.29, 0.717) is 18.0 Å². The third-order valence-electron chi connectivity index (χ3n) is 4.32. The lowest BCUT2D eigenvalue weighted by molar-refractivity contribution is -0.134. The summed E-state index contributed by atoms with van der Waals surface area (Å²) in [5, 5.41) is 5.50. The van der Waals surface area contributed by atoms with Crippen LogP contribution in [0.2, 0.25) is 0 Å². The third-order valence-corrected chi connectivity index (χ3v) is 4.32. The lowest BCUT2D eigenvalue weighted by Crippen LogP contribution is -2.39. The molecule has 0 aliphatic rings. The number of carbonyl (C=O) groups excluding carboxylic acids is 3. The van der Waals surface area contributed by atoms with Crippen molar-refractivity contribution >= 4 is 23.4 Å². The zero-order chi connectivity index (χ0) is 21.1. The SMILES string of the molecule is CCN(CC(=O)Nc1ccccc1OC)C(=O)CCNC(=O)Cc1ccccc1. The summed E-state index contributed by atoms with van der Waals surface area (Å²) in [7, 11) is 1.53. The molecule has 0 atom stereocenters. The normalized spacial score (nSPS) is 10.1. The Balaban J connectivity index is 1.77. The summed E-state index contributed by atoms with van der Waals surface area (Å²) in [5.74, 6) is -0.0854. The molecular weight excluding hydrogens is 370 g/mol. The van der Waals surface area contributed by atoms with E-state index < -0.39 is 0 Å². The predicted octanol–water partition coefficient (Wildman–Crippen LogP) is 2.23. The van der Waals surface area contributed by atoms with E-state index >= 15 is 0 Å². The fourth-order valence-electron chi connectivity index (χ4n) is 2.80. The standard InChI is InChI=1S/C22H27N3O4/c1-3-25(16-21(27)24-18-11-7-8-12-19(18)29-2)22(28)13-14-23-20(26)15-17-9-5-4-6-10-17/h4-12H,3,13-16H2,1-2H3,(H,23,26)(H,24,27). The van der Waals surface area contributed by atoms with Crippen LogP contribution in [0.5, 0.6) is 5.75 Å². The van der Waals surface area contributed by atoms with Crippen molar-refractivity contribution in [3.05, 3.63) is 60.2 Å². The summed E-state index contributed by atoms with van der Waals surface area (Å²) in [6.07, 6.45) is 0.407. The Bertz CT molecular complexity index is 824. The van der Waals surface area contributed by atoms with Crippen molar-refractivity contribution in [3.8, 4) is 5.75 Å². The molecule has 0 aliphatic heterocycles. The molecule has 0 aromatic heterocycles. The highest BCUT2D eigenvalue weighted by Gasteiger charge is 2.16. The Labute approximate surface area is 171 Å². The van der Waals surface area contributed by atoms with Crippen molar-refractivity contribution < 1.29 is 19.1 Å². The Morgan fingerprint density at radius 3 is 2.34 bits per heavy atom. The first-order valence-electron chi connectivity index (χ1n) is 9.54. The molecule has 7 nitrogen and oxygen atoms in total. The van der Waals surface area contributed by atoms with Crippen molar-refractivity contribution in [2.24, 2.45) is 0 Å². The summed E-state index contributed by atoms with van der Waals surface area (Å²) in [6, 6.07) is 16.5. The first kappa shape index (κ1) is 21.9. The summed E-state index contributed by atoms with van der Waals surface area (Å²) in [4.78, 5) is 38.1. The smallest absolute Gasteiger partial charge is 0.244 e. The molecule has 154 valence electrons. The highest BCUT2D eigenvalue weighted by molar-refractivity contribution is 5.95. The number of anilines is 1. The summed E-state index contributed by atoms with van der Waals surface area (Å²) >= 11 is 0. The predicted molar refractivity (Wildman–Crippen MR) is 112 cm³/mol. The average molecular weight is 397 g/mol. The maximum atomic E-state index is 12.4. The molecule has 2 aromatic rings. The molecule has 3 amide bonds. The van der Waals surface area contributed by atoms with Gasteiger partial charge in [-0.3, -0.25) is 14.4 Å². The van der Waals surface area contributed by atoms with Gasteiger partial charge in [-0.2, -0.15) is 0 Å². The maximum Gasteiger partial charge on any atom is 0.244 e. The molecule has 7 heteroatoms. The van der Waals surface area contributed by atoms with Gasteiger partial charge in [0, 0.05) is 19.5 Å². The van der Waals surface area contributed by atoms with E-state index in [2.05, 4.69) is 10.6 Å². The van der Waals surface area contributed by atoms with Crippen molar-refractivity contribution in [2.75, 3.05) is 32.1 Å². The van der Waals surface area contributed by atoms with Crippen LogP contribution in [-0.2, 0) is 20.8 Å². The van der Waals surface area contributed by atoms with E-state index in [9.17, 15) is 14.4 Å². The van der Waals surface area contributed by atoms with Crippen LogP contribution in [0.1, 0.15) is 18.9 Å². The number of hydrogen-bond acceptors (Lipinski definition) is 4. The van der Waals surface area contributed by atoms with E-state index in [1.165, 1.54) is 12.0 Å². The van der Waals surface area contributed by atoms with Gasteiger partial charge < -0.3 is 20.3 Å². The van der Waals surface area contributed by atoms with E-state index in [1.807, 2.05) is 43.3 Å². The second kappa shape index (κ2) is 11.5. The van der Waals surface area contributed by atoms with Crippen LogP contribution in [0, 0.1) is 0 Å². The van der Waals surface area contributed by atoms with Gasteiger partial charge >= 0.3 is 0 Å². The molecule has 0 radical (unpaired) electrons. The Kier molecular flexibility index (Phi) is 8.69. The van der Waals surface area contributed by atoms with Gasteiger partial charge in [0.1, 0.15) is 5.75 Å². The Hall–Kier alpha value is -3.35. The fraction of sp³-hybridized carbons (Fsp3) is 0.318. The van der Waals surface area contributed by atoms with Gasteiger partial charge in [-0.25, -0.2) is 0 Å². The molecule has 2 aromatic carbocycles. The molecule has 0 unspecified atom stereocenters. The second-order valence-corrected chi connectivity index (χ2v) is 6.42. The largest absolute Gasteiger partial charge is 0.495 e. The molecule has 0 saturated heterocycles. The molecule has 0 fully saturated rings. The quantitative estimate of drug-likeness (QED) is 0.644. The topological polar surface area (TPSA) is 87.7 Å². The fourth-order valence-corrected chi connectivity index (χ4v) is 2.80. The number of methoxy groups -OCH3 is 1. The molecule has 29 heavy (non-hydrogen) atoms. The lowest BCUT2D eigenvalue weighted by Gasteiger charge is -2.21. The summed E-state index contributed by atoms with van der Waals surface area (Å²) in [5.41, 5.74) is 1.47. The number of para-hydroxylation sites is 2. The highest BCUT2D eigenvalue weighted by atomic mass is 16.5. The molecule has 2 N–H and O–H groups in total. The van der Waals surface area contributed by atoms with Gasteiger partial charge in [0.05, 0.1) is 25.8 Å². The second-order valence-electron chi connectivity index (χ2n) is 6.42. The van der Waals surface area contributed by atoms with Crippen molar-refractivity contribution in [1.82, 2.24) is 10.2 Å². The van der Waals surface area contributed by atoms with Crippen molar-refractivity contribution in [3.63, 3.8) is 0 Å². The average Bonchev–Trinajstić information content (AvgIpc) is 2.73. The number of nitrogens with one attached hydrogen (secondary N) is 2. The highest BCUT2D eigenvalue weighted by Crippen LogP contribution is 2.22. The van der Waals surface area contributed by atoms with Gasteiger partial charge in [0.15, 0.2) is 0 Å². The number of ether oxygens (including phenoxy) is 1. The van der Waals surface area contributed by atoms with Crippen LogP contribution < -0.4 is 15.4 Å². The minimum absolute atomic E-state index is 0.0641. The minimum atomic E-state index is -0.308. The zero-order valence-electron chi connectivity index (χ0n) is 16.8. The number of hydrogen-bond donors (Lipinski definition) is 2. The number of benzene rings is 2. The van der Waals surface area contributed by atoms with Gasteiger partial charge in [-0.15, -0.1) is 0 Å². The van der Waals surface area contributed by atoms with Crippen molar-refractivity contribution in [1.29, 1.82) is 0 Å². The minimum Gasteiger partial charge on any atom is -0.495 e. The number of amides is 3. The van der Waals surface area contributed by atoms with Crippen molar-refractivity contribution in [2.45, 2.75) is 19.8 Å². The zero-order valence-corrected chi connectivity index (χ0v) is 16.8. The molecule has 0 spiro atoms. The molecule has 0 saturated carbocycles. The van der Waals surface area contributed by atoms with Crippen LogP contribution in [0.15, 0.2) is 54.6 Å². The third kappa shape index (κ3) is 7.29. The number of rotatable bonds is 10. The monoisotopic (exact) mass is 397 g/mol. The van der Waals surface area contributed by atoms with Gasteiger partial charge in [-0.1, -0.05) is 42.5 Å². The molecular formula is C22H27N3O4. The summed E-state index contributed by atoms with van der Waals surface area (Å²) in [6.45, 7) is 2.37. The molecule has 0 bridgehead atoms. The van der Waals surface area contributed by atoms with E-state index in [0.717, 1.165) is 5.56 Å². The van der Waals surface area contributed by atoms with Gasteiger partial charge in [0.25, 0.3) is 0 Å². The van der Waals surface area contributed by atoms with Gasteiger partial charge in [0.2, 0.25) is 17.7 Å². The molecule has 2 rings (SSSR count). The van der Waals surface area contributed by atoms with Gasteiger partial charge in [-0.05, 0) is 24.6 Å². The molecule has 0 aliphatic carbocycles. The summed E-state index contributed by atoms with van der Waals surface area (Å²) < 4.78 is 5.21. The van der Waals surface area contributed by atoms with Crippen LogP contribution in [0.4, 0.5) is 5.69 Å². The lowest BCUT2D eigenvalue weighted by atomic mass is 10.1. The Morgan fingerprint density at radius 1 is 0.966 bits per heavy atom. The van der Waals surface area contributed by atoms with E-state index in [4.69, 9.17) is 4.74 Å². The van der Waals surface area contributed by atoms with Crippen LogP contribution >= 0.6 is 0 Å². The number of nitrogens with zero attached hydrogens (tertiary/aromatic N) is 1. The van der Waals surface area contributed by atoms with E-state index in [1.54, 1.807) is 18.2 Å². The first-order chi connectivity index (χ1) is 14.0.